The van der Waals surface area contributed by atoms with Crippen LogP contribution in [0.5, 0.6) is 0 Å². The first-order valence-electron chi connectivity index (χ1n) is 11.1. The van der Waals surface area contributed by atoms with Crippen LogP contribution in [0.25, 0.3) is 5.76 Å². The lowest BCUT2D eigenvalue weighted by Gasteiger charge is -2.26. The zero-order valence-electron chi connectivity index (χ0n) is 17.4. The summed E-state index contributed by atoms with van der Waals surface area (Å²) >= 11 is 0. The quantitative estimate of drug-likeness (QED) is 0.467. The van der Waals surface area contributed by atoms with Gasteiger partial charge in [0.2, 0.25) is 0 Å². The summed E-state index contributed by atoms with van der Waals surface area (Å²) in [6, 6.07) is 10.5. The van der Waals surface area contributed by atoms with Gasteiger partial charge in [0.05, 0.1) is 17.4 Å². The van der Waals surface area contributed by atoms with Crippen molar-refractivity contribution in [3.05, 3.63) is 70.6 Å². The molecular formula is C25H26N2O4. The lowest BCUT2D eigenvalue weighted by Crippen LogP contribution is -2.36. The highest BCUT2D eigenvalue weighted by molar-refractivity contribution is 6.46. The van der Waals surface area contributed by atoms with Gasteiger partial charge in [-0.1, -0.05) is 18.2 Å². The van der Waals surface area contributed by atoms with Crippen LogP contribution in [0, 0.1) is 0 Å². The van der Waals surface area contributed by atoms with Crippen LogP contribution in [0.4, 0.5) is 0 Å². The molecule has 0 bridgehead atoms. The van der Waals surface area contributed by atoms with Gasteiger partial charge in [-0.15, -0.1) is 0 Å². The van der Waals surface area contributed by atoms with Gasteiger partial charge in [-0.05, 0) is 67.9 Å². The molecule has 1 N–H and O–H groups in total. The van der Waals surface area contributed by atoms with Crippen molar-refractivity contribution in [2.75, 3.05) is 13.2 Å². The van der Waals surface area contributed by atoms with Crippen LogP contribution in [-0.2, 0) is 27.2 Å². The first kappa shape index (κ1) is 19.9. The lowest BCUT2D eigenvalue weighted by molar-refractivity contribution is -0.140. The molecule has 1 aromatic heterocycles. The summed E-state index contributed by atoms with van der Waals surface area (Å²) in [5.41, 5.74) is 3.76. The standard InChI is InChI=1S/C25H26N2O4/c28-23(18-11-10-16-6-1-2-7-17(16)14-18)21-22(20-9-3-4-12-26-20)27(25(30)24(21)29)15-19-8-5-13-31-19/h3-4,9-12,14,19,22,28H,1-2,5-8,13,15H2/b23-21-. The number of rotatable bonds is 4. The van der Waals surface area contributed by atoms with Crippen LogP contribution in [0.15, 0.2) is 48.2 Å². The Morgan fingerprint density at radius 3 is 2.68 bits per heavy atom. The molecule has 0 radical (unpaired) electrons. The zero-order chi connectivity index (χ0) is 21.4. The van der Waals surface area contributed by atoms with Crippen molar-refractivity contribution in [1.29, 1.82) is 0 Å². The molecule has 2 saturated heterocycles. The van der Waals surface area contributed by atoms with Crippen molar-refractivity contribution < 1.29 is 19.4 Å². The van der Waals surface area contributed by atoms with Crippen molar-refractivity contribution in [1.82, 2.24) is 9.88 Å². The number of pyridine rings is 1. The fourth-order valence-electron chi connectivity index (χ4n) is 4.96. The maximum absolute atomic E-state index is 13.1. The molecule has 1 amide bonds. The van der Waals surface area contributed by atoms with Crippen molar-refractivity contribution in [3.63, 3.8) is 0 Å². The number of aliphatic hydroxyl groups is 1. The van der Waals surface area contributed by atoms with E-state index in [1.54, 1.807) is 18.3 Å². The van der Waals surface area contributed by atoms with E-state index >= 15 is 0 Å². The molecule has 2 fully saturated rings. The van der Waals surface area contributed by atoms with Crippen LogP contribution >= 0.6 is 0 Å². The number of aromatic nitrogens is 1. The van der Waals surface area contributed by atoms with Gasteiger partial charge in [-0.2, -0.15) is 0 Å². The smallest absolute Gasteiger partial charge is 0.295 e. The summed E-state index contributed by atoms with van der Waals surface area (Å²) in [5, 5.41) is 11.2. The molecule has 0 saturated carbocycles. The van der Waals surface area contributed by atoms with E-state index in [-0.39, 0.29) is 17.4 Å². The molecule has 2 aromatic rings. The highest BCUT2D eigenvalue weighted by atomic mass is 16.5. The van der Waals surface area contributed by atoms with Crippen LogP contribution in [0.3, 0.4) is 0 Å². The average molecular weight is 418 g/mol. The average Bonchev–Trinajstić information content (AvgIpc) is 3.41. The fourth-order valence-corrected chi connectivity index (χ4v) is 4.96. The first-order chi connectivity index (χ1) is 15.1. The fraction of sp³-hybridized carbons (Fsp3) is 0.400. The molecule has 6 heteroatoms. The van der Waals surface area contributed by atoms with Crippen molar-refractivity contribution in [2.24, 2.45) is 0 Å². The highest BCUT2D eigenvalue weighted by Crippen LogP contribution is 2.39. The number of carbonyl (C=O) groups excluding carboxylic acids is 2. The number of aliphatic hydroxyl groups excluding tert-OH is 1. The molecule has 1 aliphatic carbocycles. The van der Waals surface area contributed by atoms with Crippen LogP contribution in [-0.4, -0.2) is 45.9 Å². The summed E-state index contributed by atoms with van der Waals surface area (Å²) in [4.78, 5) is 32.0. The number of nitrogens with zero attached hydrogens (tertiary/aromatic N) is 2. The Kier molecular flexibility index (Phi) is 5.32. The van der Waals surface area contributed by atoms with Gasteiger partial charge in [0.1, 0.15) is 11.8 Å². The van der Waals surface area contributed by atoms with Crippen molar-refractivity contribution >= 4 is 17.4 Å². The number of Topliss-reactive ketones (excluding diaryl/α,β-unsaturated/α-hetero) is 1. The van der Waals surface area contributed by atoms with E-state index in [2.05, 4.69) is 4.98 Å². The van der Waals surface area contributed by atoms with Gasteiger partial charge in [-0.3, -0.25) is 14.6 Å². The molecule has 3 heterocycles. The van der Waals surface area contributed by atoms with E-state index < -0.39 is 17.7 Å². The largest absolute Gasteiger partial charge is 0.507 e. The molecule has 2 aliphatic heterocycles. The zero-order valence-corrected chi connectivity index (χ0v) is 17.4. The Bertz CT molecular complexity index is 1040. The number of carbonyl (C=O) groups is 2. The third-order valence-electron chi connectivity index (χ3n) is 6.55. The number of amides is 1. The SMILES string of the molecule is O=C1C(=O)N(CC2CCCO2)C(c2ccccn2)/C1=C(/O)c1ccc2c(c1)CCCC2. The normalized spacial score (nSPS) is 25.1. The van der Waals surface area contributed by atoms with E-state index in [1.165, 1.54) is 22.4 Å². The minimum atomic E-state index is -0.721. The molecule has 2 unspecified atom stereocenters. The molecule has 160 valence electrons. The molecule has 2 atom stereocenters. The second-order valence-electron chi connectivity index (χ2n) is 8.53. The summed E-state index contributed by atoms with van der Waals surface area (Å²) in [7, 11) is 0. The maximum Gasteiger partial charge on any atom is 0.295 e. The topological polar surface area (TPSA) is 79.7 Å². The Morgan fingerprint density at radius 1 is 1.10 bits per heavy atom. The third-order valence-corrected chi connectivity index (χ3v) is 6.55. The summed E-state index contributed by atoms with van der Waals surface area (Å²) in [6.07, 6.45) is 7.63. The van der Waals surface area contributed by atoms with Crippen LogP contribution < -0.4 is 0 Å². The number of hydrogen-bond acceptors (Lipinski definition) is 5. The lowest BCUT2D eigenvalue weighted by atomic mass is 9.89. The molecule has 1 aromatic carbocycles. The van der Waals surface area contributed by atoms with Crippen LogP contribution in [0.2, 0.25) is 0 Å². The Balaban J connectivity index is 1.59. The van der Waals surface area contributed by atoms with E-state index in [1.807, 2.05) is 24.3 Å². The molecule has 5 rings (SSSR count). The Hall–Kier alpha value is -2.99. The monoisotopic (exact) mass is 418 g/mol. The highest BCUT2D eigenvalue weighted by Gasteiger charge is 2.47. The van der Waals surface area contributed by atoms with E-state index in [0.717, 1.165) is 32.1 Å². The third kappa shape index (κ3) is 3.65. The predicted octanol–water partition coefficient (Wildman–Crippen LogP) is 3.56. The maximum atomic E-state index is 13.1. The summed E-state index contributed by atoms with van der Waals surface area (Å²) in [6.45, 7) is 0.977. The van der Waals surface area contributed by atoms with E-state index in [4.69, 9.17) is 4.74 Å². The van der Waals surface area contributed by atoms with Gasteiger partial charge in [-0.25, -0.2) is 0 Å². The summed E-state index contributed by atoms with van der Waals surface area (Å²) < 4.78 is 5.72. The van der Waals surface area contributed by atoms with E-state index in [0.29, 0.717) is 24.4 Å². The summed E-state index contributed by atoms with van der Waals surface area (Å²) in [5.74, 6) is -1.40. The van der Waals surface area contributed by atoms with Gasteiger partial charge >= 0.3 is 0 Å². The minimum absolute atomic E-state index is 0.104. The first-order valence-corrected chi connectivity index (χ1v) is 11.1. The number of ether oxygens (including phenoxy) is 1. The number of aryl methyl sites for hydroxylation is 2. The minimum Gasteiger partial charge on any atom is -0.507 e. The van der Waals surface area contributed by atoms with Crippen molar-refractivity contribution in [3.8, 4) is 0 Å². The number of hydrogen-bond donors (Lipinski definition) is 1. The predicted molar refractivity (Wildman–Crippen MR) is 115 cm³/mol. The molecule has 6 nitrogen and oxygen atoms in total. The molecule has 3 aliphatic rings. The van der Waals surface area contributed by atoms with Crippen molar-refractivity contribution in [2.45, 2.75) is 50.7 Å². The number of benzene rings is 1. The number of fused-ring (bicyclic) bond motifs is 1. The van der Waals surface area contributed by atoms with Gasteiger partial charge in [0.15, 0.2) is 0 Å². The number of ketones is 1. The Labute approximate surface area is 181 Å². The molecule has 0 spiro atoms. The molecule has 31 heavy (non-hydrogen) atoms. The Morgan fingerprint density at radius 2 is 1.94 bits per heavy atom. The second-order valence-corrected chi connectivity index (χ2v) is 8.53. The van der Waals surface area contributed by atoms with Gasteiger partial charge in [0, 0.05) is 24.9 Å². The number of likely N-dealkylation sites (tertiary alicyclic amines) is 1. The van der Waals surface area contributed by atoms with Crippen LogP contribution in [0.1, 0.15) is 54.1 Å². The second kappa shape index (κ2) is 8.27. The molecular weight excluding hydrogens is 392 g/mol. The van der Waals surface area contributed by atoms with Gasteiger partial charge < -0.3 is 14.7 Å². The van der Waals surface area contributed by atoms with E-state index in [9.17, 15) is 14.7 Å². The van der Waals surface area contributed by atoms with Gasteiger partial charge in [0.25, 0.3) is 11.7 Å².